The molecule has 2 aromatic rings. The van der Waals surface area contributed by atoms with E-state index in [-0.39, 0.29) is 11.9 Å². The van der Waals surface area contributed by atoms with Gasteiger partial charge in [-0.3, -0.25) is 4.79 Å². The highest BCUT2D eigenvalue weighted by atomic mass is 79.9. The fraction of sp³-hybridized carbons (Fsp3) is 0.412. The SMILES string of the molecule is CCC(NC(=O)Cc1csc(-c2cccc(Br)c2)n1)C(C)C. The lowest BCUT2D eigenvalue weighted by molar-refractivity contribution is -0.121. The molecule has 1 aromatic heterocycles. The van der Waals surface area contributed by atoms with E-state index in [0.29, 0.717) is 12.3 Å². The highest BCUT2D eigenvalue weighted by molar-refractivity contribution is 9.10. The zero-order valence-corrected chi connectivity index (χ0v) is 15.5. The van der Waals surface area contributed by atoms with E-state index >= 15 is 0 Å². The van der Waals surface area contributed by atoms with Gasteiger partial charge in [0.2, 0.25) is 5.91 Å². The molecule has 0 aliphatic carbocycles. The minimum atomic E-state index is 0.0478. The first kappa shape index (κ1) is 17.2. The zero-order chi connectivity index (χ0) is 16.1. The van der Waals surface area contributed by atoms with Crippen LogP contribution in [0.1, 0.15) is 32.9 Å². The number of thiazole rings is 1. The number of aromatic nitrogens is 1. The van der Waals surface area contributed by atoms with Crippen LogP contribution in [0.15, 0.2) is 34.1 Å². The van der Waals surface area contributed by atoms with E-state index in [1.54, 1.807) is 11.3 Å². The molecule has 1 unspecified atom stereocenters. The molecule has 0 radical (unpaired) electrons. The lowest BCUT2D eigenvalue weighted by atomic mass is 10.0. The van der Waals surface area contributed by atoms with Gasteiger partial charge in [-0.15, -0.1) is 11.3 Å². The summed E-state index contributed by atoms with van der Waals surface area (Å²) in [6.45, 7) is 6.35. The third-order valence-corrected chi connectivity index (χ3v) is 4.99. The van der Waals surface area contributed by atoms with Crippen LogP contribution in [-0.2, 0) is 11.2 Å². The van der Waals surface area contributed by atoms with Gasteiger partial charge in [-0.2, -0.15) is 0 Å². The van der Waals surface area contributed by atoms with Crippen molar-refractivity contribution in [2.75, 3.05) is 0 Å². The summed E-state index contributed by atoms with van der Waals surface area (Å²) in [6.07, 6.45) is 1.29. The average molecular weight is 381 g/mol. The third-order valence-electron chi connectivity index (χ3n) is 3.56. The van der Waals surface area contributed by atoms with E-state index in [4.69, 9.17) is 0 Å². The molecule has 22 heavy (non-hydrogen) atoms. The number of nitrogens with one attached hydrogen (secondary N) is 1. The summed E-state index contributed by atoms with van der Waals surface area (Å²) in [6, 6.07) is 8.27. The van der Waals surface area contributed by atoms with Crippen LogP contribution in [0.25, 0.3) is 10.6 Å². The van der Waals surface area contributed by atoms with Crippen molar-refractivity contribution < 1.29 is 4.79 Å². The van der Waals surface area contributed by atoms with Crippen LogP contribution < -0.4 is 5.32 Å². The van der Waals surface area contributed by atoms with Crippen molar-refractivity contribution in [2.24, 2.45) is 5.92 Å². The van der Waals surface area contributed by atoms with Crippen molar-refractivity contribution in [2.45, 2.75) is 39.7 Å². The quantitative estimate of drug-likeness (QED) is 0.790. The fourth-order valence-corrected chi connectivity index (χ4v) is 3.52. The van der Waals surface area contributed by atoms with E-state index in [1.807, 2.05) is 29.6 Å². The Morgan fingerprint density at radius 3 is 2.82 bits per heavy atom. The van der Waals surface area contributed by atoms with Crippen molar-refractivity contribution in [3.05, 3.63) is 39.8 Å². The Morgan fingerprint density at radius 1 is 1.41 bits per heavy atom. The smallest absolute Gasteiger partial charge is 0.226 e. The minimum absolute atomic E-state index is 0.0478. The van der Waals surface area contributed by atoms with Gasteiger partial charge in [-0.1, -0.05) is 48.8 Å². The maximum atomic E-state index is 12.1. The fourth-order valence-electron chi connectivity index (χ4n) is 2.30. The van der Waals surface area contributed by atoms with E-state index in [9.17, 15) is 4.79 Å². The molecule has 2 rings (SSSR count). The molecule has 0 aliphatic heterocycles. The van der Waals surface area contributed by atoms with Crippen LogP contribution in [0, 0.1) is 5.92 Å². The van der Waals surface area contributed by atoms with Gasteiger partial charge < -0.3 is 5.32 Å². The summed E-state index contributed by atoms with van der Waals surface area (Å²) in [5.41, 5.74) is 1.90. The molecule has 1 atom stereocenters. The normalized spacial score (nSPS) is 12.4. The van der Waals surface area contributed by atoms with Crippen LogP contribution in [0.2, 0.25) is 0 Å². The molecule has 1 aromatic carbocycles. The van der Waals surface area contributed by atoms with Crippen molar-refractivity contribution in [3.8, 4) is 10.6 Å². The first-order valence-electron chi connectivity index (χ1n) is 7.49. The average Bonchev–Trinajstić information content (AvgIpc) is 2.93. The maximum absolute atomic E-state index is 12.1. The molecule has 5 heteroatoms. The van der Waals surface area contributed by atoms with Gasteiger partial charge in [0.1, 0.15) is 5.01 Å². The lowest BCUT2D eigenvalue weighted by Crippen LogP contribution is -2.38. The van der Waals surface area contributed by atoms with Gasteiger partial charge in [0, 0.05) is 21.5 Å². The monoisotopic (exact) mass is 380 g/mol. The summed E-state index contributed by atoms with van der Waals surface area (Å²) in [4.78, 5) is 16.7. The number of hydrogen-bond acceptors (Lipinski definition) is 3. The summed E-state index contributed by atoms with van der Waals surface area (Å²) in [5.74, 6) is 0.494. The Bertz CT molecular complexity index is 639. The summed E-state index contributed by atoms with van der Waals surface area (Å²) in [7, 11) is 0. The predicted molar refractivity (Wildman–Crippen MR) is 96.0 cm³/mol. The lowest BCUT2D eigenvalue weighted by Gasteiger charge is -2.20. The van der Waals surface area contributed by atoms with Crippen molar-refractivity contribution in [3.63, 3.8) is 0 Å². The van der Waals surface area contributed by atoms with Gasteiger partial charge in [0.15, 0.2) is 0 Å². The van der Waals surface area contributed by atoms with Crippen LogP contribution in [-0.4, -0.2) is 16.9 Å². The minimum Gasteiger partial charge on any atom is -0.353 e. The molecule has 1 heterocycles. The molecule has 0 aliphatic rings. The van der Waals surface area contributed by atoms with E-state index < -0.39 is 0 Å². The number of rotatable bonds is 6. The van der Waals surface area contributed by atoms with Gasteiger partial charge in [0.25, 0.3) is 0 Å². The number of carbonyl (C=O) groups is 1. The second-order valence-electron chi connectivity index (χ2n) is 5.66. The van der Waals surface area contributed by atoms with Crippen LogP contribution in [0.4, 0.5) is 0 Å². The second-order valence-corrected chi connectivity index (χ2v) is 7.43. The molecule has 3 nitrogen and oxygen atoms in total. The number of nitrogens with zero attached hydrogens (tertiary/aromatic N) is 1. The molecule has 0 spiro atoms. The van der Waals surface area contributed by atoms with Crippen molar-refractivity contribution in [1.82, 2.24) is 10.3 Å². The molecule has 0 saturated carbocycles. The summed E-state index contributed by atoms with van der Waals surface area (Å²) in [5, 5.41) is 6.00. The molecule has 118 valence electrons. The molecule has 0 bridgehead atoms. The molecular formula is C17H21BrN2OS. The van der Waals surface area contributed by atoms with Gasteiger partial charge in [0.05, 0.1) is 12.1 Å². The largest absolute Gasteiger partial charge is 0.353 e. The van der Waals surface area contributed by atoms with Crippen molar-refractivity contribution >= 4 is 33.2 Å². The topological polar surface area (TPSA) is 42.0 Å². The highest BCUT2D eigenvalue weighted by Crippen LogP contribution is 2.26. The highest BCUT2D eigenvalue weighted by Gasteiger charge is 2.15. The Hall–Kier alpha value is -1.20. The van der Waals surface area contributed by atoms with Crippen LogP contribution >= 0.6 is 27.3 Å². The number of benzene rings is 1. The van der Waals surface area contributed by atoms with Gasteiger partial charge >= 0.3 is 0 Å². The first-order valence-corrected chi connectivity index (χ1v) is 9.16. The standard InChI is InChI=1S/C17H21BrN2OS/c1-4-15(11(2)3)20-16(21)9-14-10-22-17(19-14)12-6-5-7-13(18)8-12/h5-8,10-11,15H,4,9H2,1-3H3,(H,20,21). The molecule has 1 N–H and O–H groups in total. The molecule has 1 amide bonds. The Kier molecular flexibility index (Phi) is 6.15. The second kappa shape index (κ2) is 7.88. The van der Waals surface area contributed by atoms with Crippen LogP contribution in [0.5, 0.6) is 0 Å². The third kappa shape index (κ3) is 4.65. The van der Waals surface area contributed by atoms with E-state index in [2.05, 4.69) is 47.0 Å². The Balaban J connectivity index is 2.01. The zero-order valence-electron chi connectivity index (χ0n) is 13.1. The Labute approximate surface area is 144 Å². The van der Waals surface area contributed by atoms with Crippen molar-refractivity contribution in [1.29, 1.82) is 0 Å². The molecule has 0 saturated heterocycles. The predicted octanol–water partition coefficient (Wildman–Crippen LogP) is 4.67. The van der Waals surface area contributed by atoms with Crippen LogP contribution in [0.3, 0.4) is 0 Å². The maximum Gasteiger partial charge on any atom is 0.226 e. The number of halogens is 1. The van der Waals surface area contributed by atoms with Gasteiger partial charge in [-0.25, -0.2) is 4.98 Å². The summed E-state index contributed by atoms with van der Waals surface area (Å²) < 4.78 is 1.03. The van der Waals surface area contributed by atoms with Gasteiger partial charge in [-0.05, 0) is 24.5 Å². The number of hydrogen-bond donors (Lipinski definition) is 1. The van der Waals surface area contributed by atoms with E-state index in [0.717, 1.165) is 27.2 Å². The molecular weight excluding hydrogens is 360 g/mol. The Morgan fingerprint density at radius 2 is 2.18 bits per heavy atom. The molecule has 0 fully saturated rings. The number of carbonyl (C=O) groups excluding carboxylic acids is 1. The summed E-state index contributed by atoms with van der Waals surface area (Å²) >= 11 is 5.04. The first-order chi connectivity index (χ1) is 10.5. The van der Waals surface area contributed by atoms with E-state index in [1.165, 1.54) is 0 Å². The number of amides is 1.